The van der Waals surface area contributed by atoms with Crippen LogP contribution in [0.15, 0.2) is 36.4 Å². The van der Waals surface area contributed by atoms with Crippen LogP contribution in [-0.4, -0.2) is 29.3 Å². The zero-order valence-corrected chi connectivity index (χ0v) is 12.9. The van der Waals surface area contributed by atoms with Crippen molar-refractivity contribution in [3.8, 4) is 11.5 Å². The van der Waals surface area contributed by atoms with Gasteiger partial charge in [0.25, 0.3) is 0 Å². The molecule has 0 aliphatic rings. The quantitative estimate of drug-likeness (QED) is 0.548. The number of hydrogen-bond donors (Lipinski definition) is 3. The molecule has 0 saturated carbocycles. The number of aromatic hydroxyl groups is 1. The Morgan fingerprint density at radius 2 is 1.95 bits per heavy atom. The standard InChI is InChI=1S/C15H13Cl2NO4/c16-9-1-4-14(12(17)7-9)22-6-5-18-10-2-3-13(19)11(8-10)15(20)21/h1-4,7-8,18-19H,5-6H2,(H,20,21). The topological polar surface area (TPSA) is 78.8 Å². The molecule has 7 heteroatoms. The summed E-state index contributed by atoms with van der Waals surface area (Å²) in [7, 11) is 0. The second kappa shape index (κ2) is 7.24. The third kappa shape index (κ3) is 4.19. The summed E-state index contributed by atoms with van der Waals surface area (Å²) < 4.78 is 5.50. The number of benzene rings is 2. The minimum Gasteiger partial charge on any atom is -0.507 e. The highest BCUT2D eigenvalue weighted by molar-refractivity contribution is 6.35. The fourth-order valence-corrected chi connectivity index (χ4v) is 2.23. The molecule has 116 valence electrons. The van der Waals surface area contributed by atoms with E-state index in [1.54, 1.807) is 24.3 Å². The van der Waals surface area contributed by atoms with Gasteiger partial charge in [0, 0.05) is 17.3 Å². The average molecular weight is 342 g/mol. The molecule has 0 aromatic heterocycles. The summed E-state index contributed by atoms with van der Waals surface area (Å²) in [6.45, 7) is 0.757. The van der Waals surface area contributed by atoms with Crippen molar-refractivity contribution in [2.45, 2.75) is 0 Å². The Morgan fingerprint density at radius 1 is 1.18 bits per heavy atom. The maximum absolute atomic E-state index is 10.9. The number of carbonyl (C=O) groups is 1. The van der Waals surface area contributed by atoms with Crippen LogP contribution in [0.3, 0.4) is 0 Å². The summed E-state index contributed by atoms with van der Waals surface area (Å²) in [5, 5.41) is 22.3. The van der Waals surface area contributed by atoms with Gasteiger partial charge in [0.1, 0.15) is 23.7 Å². The number of phenols is 1. The largest absolute Gasteiger partial charge is 0.507 e. The van der Waals surface area contributed by atoms with Crippen molar-refractivity contribution >= 4 is 34.9 Å². The molecule has 0 aliphatic heterocycles. The van der Waals surface area contributed by atoms with Crippen molar-refractivity contribution < 1.29 is 19.7 Å². The Kier molecular flexibility index (Phi) is 5.35. The highest BCUT2D eigenvalue weighted by Crippen LogP contribution is 2.27. The highest BCUT2D eigenvalue weighted by atomic mass is 35.5. The van der Waals surface area contributed by atoms with Crippen LogP contribution in [0.1, 0.15) is 10.4 Å². The average Bonchev–Trinajstić information content (AvgIpc) is 2.46. The van der Waals surface area contributed by atoms with Gasteiger partial charge in [0.2, 0.25) is 0 Å². The van der Waals surface area contributed by atoms with E-state index in [1.807, 2.05) is 0 Å². The molecule has 2 aromatic rings. The minimum atomic E-state index is -1.19. The van der Waals surface area contributed by atoms with Crippen molar-refractivity contribution in [1.82, 2.24) is 0 Å². The Morgan fingerprint density at radius 3 is 2.64 bits per heavy atom. The molecule has 0 spiro atoms. The fourth-order valence-electron chi connectivity index (χ4n) is 1.77. The predicted octanol–water partition coefficient (Wildman–Crippen LogP) is 3.89. The van der Waals surface area contributed by atoms with Gasteiger partial charge in [0.15, 0.2) is 0 Å². The van der Waals surface area contributed by atoms with E-state index in [2.05, 4.69) is 5.32 Å². The zero-order valence-electron chi connectivity index (χ0n) is 11.3. The van der Waals surface area contributed by atoms with E-state index in [0.29, 0.717) is 34.6 Å². The second-order valence-corrected chi connectivity index (χ2v) is 5.23. The lowest BCUT2D eigenvalue weighted by molar-refractivity contribution is 0.0694. The fraction of sp³-hybridized carbons (Fsp3) is 0.133. The van der Waals surface area contributed by atoms with Crippen molar-refractivity contribution in [3.05, 3.63) is 52.0 Å². The number of carboxylic acid groups (broad SMARTS) is 1. The lowest BCUT2D eigenvalue weighted by Crippen LogP contribution is -2.12. The molecular weight excluding hydrogens is 329 g/mol. The van der Waals surface area contributed by atoms with Gasteiger partial charge in [-0.05, 0) is 36.4 Å². The highest BCUT2D eigenvalue weighted by Gasteiger charge is 2.10. The lowest BCUT2D eigenvalue weighted by atomic mass is 10.2. The first kappa shape index (κ1) is 16.3. The smallest absolute Gasteiger partial charge is 0.339 e. The number of ether oxygens (including phenoxy) is 1. The van der Waals surface area contributed by atoms with E-state index in [0.717, 1.165) is 0 Å². The van der Waals surface area contributed by atoms with Crippen LogP contribution in [0.4, 0.5) is 5.69 Å². The number of carboxylic acids is 1. The third-order valence-electron chi connectivity index (χ3n) is 2.81. The van der Waals surface area contributed by atoms with Gasteiger partial charge in [-0.1, -0.05) is 23.2 Å². The van der Waals surface area contributed by atoms with E-state index >= 15 is 0 Å². The third-order valence-corrected chi connectivity index (χ3v) is 3.34. The number of aromatic carboxylic acids is 1. The van der Waals surface area contributed by atoms with Gasteiger partial charge in [0.05, 0.1) is 5.02 Å². The van der Waals surface area contributed by atoms with Gasteiger partial charge in [-0.2, -0.15) is 0 Å². The lowest BCUT2D eigenvalue weighted by Gasteiger charge is -2.11. The Hall–Kier alpha value is -2.11. The maximum atomic E-state index is 10.9. The van der Waals surface area contributed by atoms with Crippen molar-refractivity contribution in [2.75, 3.05) is 18.5 Å². The predicted molar refractivity (Wildman–Crippen MR) is 85.5 cm³/mol. The first-order chi connectivity index (χ1) is 10.5. The molecular formula is C15H13Cl2NO4. The van der Waals surface area contributed by atoms with E-state index < -0.39 is 5.97 Å². The Bertz CT molecular complexity index is 691. The molecule has 0 bridgehead atoms. The van der Waals surface area contributed by atoms with Gasteiger partial charge in [-0.3, -0.25) is 0 Å². The Balaban J connectivity index is 1.89. The molecule has 0 heterocycles. The maximum Gasteiger partial charge on any atom is 0.339 e. The molecule has 0 aliphatic carbocycles. The van der Waals surface area contributed by atoms with Crippen molar-refractivity contribution in [3.63, 3.8) is 0 Å². The van der Waals surface area contributed by atoms with Crippen LogP contribution in [0, 0.1) is 0 Å². The van der Waals surface area contributed by atoms with E-state index in [1.165, 1.54) is 12.1 Å². The molecule has 0 saturated heterocycles. The van der Waals surface area contributed by atoms with Crippen molar-refractivity contribution in [1.29, 1.82) is 0 Å². The normalized spacial score (nSPS) is 10.3. The molecule has 0 amide bonds. The summed E-state index contributed by atoms with van der Waals surface area (Å²) in [5.74, 6) is -0.947. The number of nitrogens with one attached hydrogen (secondary N) is 1. The number of anilines is 1. The zero-order chi connectivity index (χ0) is 16.1. The molecule has 3 N–H and O–H groups in total. The summed E-state index contributed by atoms with van der Waals surface area (Å²) in [6.07, 6.45) is 0. The summed E-state index contributed by atoms with van der Waals surface area (Å²) >= 11 is 11.8. The molecule has 5 nitrogen and oxygen atoms in total. The Labute approximate surface area is 137 Å². The van der Waals surface area contributed by atoms with Crippen LogP contribution in [0.25, 0.3) is 0 Å². The van der Waals surface area contributed by atoms with Crippen LogP contribution in [0.2, 0.25) is 10.0 Å². The van der Waals surface area contributed by atoms with Crippen LogP contribution in [0.5, 0.6) is 11.5 Å². The molecule has 22 heavy (non-hydrogen) atoms. The molecule has 2 rings (SSSR count). The van der Waals surface area contributed by atoms with Crippen LogP contribution < -0.4 is 10.1 Å². The first-order valence-corrected chi connectivity index (χ1v) is 7.11. The van der Waals surface area contributed by atoms with Gasteiger partial charge in [-0.15, -0.1) is 0 Å². The molecule has 2 aromatic carbocycles. The number of hydrogen-bond acceptors (Lipinski definition) is 4. The molecule has 0 radical (unpaired) electrons. The number of rotatable bonds is 6. The van der Waals surface area contributed by atoms with Gasteiger partial charge < -0.3 is 20.3 Å². The molecule has 0 unspecified atom stereocenters. The summed E-state index contributed by atoms with van der Waals surface area (Å²) in [4.78, 5) is 10.9. The van der Waals surface area contributed by atoms with Crippen LogP contribution in [-0.2, 0) is 0 Å². The monoisotopic (exact) mass is 341 g/mol. The molecule has 0 fully saturated rings. The van der Waals surface area contributed by atoms with E-state index in [4.69, 9.17) is 33.0 Å². The number of halogens is 2. The second-order valence-electron chi connectivity index (χ2n) is 4.39. The summed E-state index contributed by atoms with van der Waals surface area (Å²) in [5.41, 5.74) is 0.410. The van der Waals surface area contributed by atoms with E-state index in [-0.39, 0.29) is 11.3 Å². The van der Waals surface area contributed by atoms with Crippen molar-refractivity contribution in [2.24, 2.45) is 0 Å². The SMILES string of the molecule is O=C(O)c1cc(NCCOc2ccc(Cl)cc2Cl)ccc1O. The summed E-state index contributed by atoms with van der Waals surface area (Å²) in [6, 6.07) is 9.20. The molecule has 0 atom stereocenters. The van der Waals surface area contributed by atoms with E-state index in [9.17, 15) is 9.90 Å². The van der Waals surface area contributed by atoms with Crippen LogP contribution >= 0.6 is 23.2 Å². The van der Waals surface area contributed by atoms with Gasteiger partial charge >= 0.3 is 5.97 Å². The van der Waals surface area contributed by atoms with Gasteiger partial charge in [-0.25, -0.2) is 4.79 Å². The minimum absolute atomic E-state index is 0.160. The first-order valence-electron chi connectivity index (χ1n) is 6.35.